The Balaban J connectivity index is 1.91. The number of carbonyl (C=O) groups excluding carboxylic acids is 4. The lowest BCUT2D eigenvalue weighted by Gasteiger charge is -2.34. The standard InChI is InChI=1S/C41H34O8/c1-23(2)37(42)46-29-17-27(18-30(21-29)47-38(43)24(3)4)41(35-15-11-9-13-33(35)34-14-10-12-16-36(34)41)28-19-31(48-39(44)25(5)6)22-32(20-28)49-40(45)26(7)8/h9-22H,1,3,5,7H2,2,4,6,8H3. The smallest absolute Gasteiger partial charge is 0.338 e. The number of hydrogen-bond donors (Lipinski definition) is 0. The summed E-state index contributed by atoms with van der Waals surface area (Å²) in [7, 11) is 0. The highest BCUT2D eigenvalue weighted by atomic mass is 16.6. The van der Waals surface area contributed by atoms with Crippen LogP contribution in [-0.2, 0) is 24.6 Å². The minimum atomic E-state index is -1.24. The number of rotatable bonds is 10. The normalized spacial score (nSPS) is 12.1. The molecule has 0 saturated heterocycles. The minimum absolute atomic E-state index is 0.0788. The third kappa shape index (κ3) is 6.62. The van der Waals surface area contributed by atoms with Crippen LogP contribution in [0.3, 0.4) is 0 Å². The van der Waals surface area contributed by atoms with Gasteiger partial charge >= 0.3 is 23.9 Å². The molecule has 8 heteroatoms. The molecule has 0 radical (unpaired) electrons. The zero-order valence-electron chi connectivity index (χ0n) is 27.7. The van der Waals surface area contributed by atoms with Crippen LogP contribution < -0.4 is 18.9 Å². The van der Waals surface area contributed by atoms with E-state index in [1.165, 1.54) is 39.8 Å². The molecular formula is C41H34O8. The average molecular weight is 655 g/mol. The maximum Gasteiger partial charge on any atom is 0.338 e. The molecule has 0 atom stereocenters. The van der Waals surface area contributed by atoms with Crippen LogP contribution in [0.4, 0.5) is 0 Å². The lowest BCUT2D eigenvalue weighted by molar-refractivity contribution is -0.131. The summed E-state index contributed by atoms with van der Waals surface area (Å²) >= 11 is 0. The van der Waals surface area contributed by atoms with Gasteiger partial charge in [0.1, 0.15) is 23.0 Å². The maximum atomic E-state index is 12.8. The Labute approximate surface area is 284 Å². The molecule has 4 aromatic carbocycles. The summed E-state index contributed by atoms with van der Waals surface area (Å²) < 4.78 is 22.8. The Morgan fingerprint density at radius 2 is 0.714 bits per heavy atom. The van der Waals surface area contributed by atoms with Crippen LogP contribution in [0.15, 0.2) is 134 Å². The van der Waals surface area contributed by atoms with Crippen molar-refractivity contribution in [3.8, 4) is 34.1 Å². The molecule has 0 heterocycles. The Kier molecular flexibility index (Phi) is 9.35. The van der Waals surface area contributed by atoms with Crippen LogP contribution in [0, 0.1) is 0 Å². The van der Waals surface area contributed by atoms with Crippen molar-refractivity contribution in [3.05, 3.63) is 156 Å². The van der Waals surface area contributed by atoms with Gasteiger partial charge in [-0.05, 0) is 85.3 Å². The van der Waals surface area contributed by atoms with Crippen molar-refractivity contribution < 1.29 is 38.1 Å². The highest BCUT2D eigenvalue weighted by Crippen LogP contribution is 2.57. The first-order valence-electron chi connectivity index (χ1n) is 15.2. The third-order valence-corrected chi connectivity index (χ3v) is 7.81. The number of esters is 4. The van der Waals surface area contributed by atoms with Gasteiger partial charge in [-0.3, -0.25) is 0 Å². The van der Waals surface area contributed by atoms with E-state index in [1.54, 1.807) is 24.3 Å². The van der Waals surface area contributed by atoms with Crippen LogP contribution in [0.1, 0.15) is 49.9 Å². The van der Waals surface area contributed by atoms with E-state index in [0.29, 0.717) is 11.1 Å². The fourth-order valence-corrected chi connectivity index (χ4v) is 5.61. The van der Waals surface area contributed by atoms with Crippen molar-refractivity contribution in [2.24, 2.45) is 0 Å². The molecule has 1 aliphatic carbocycles. The van der Waals surface area contributed by atoms with E-state index in [2.05, 4.69) is 26.3 Å². The molecule has 8 nitrogen and oxygen atoms in total. The Morgan fingerprint density at radius 3 is 0.980 bits per heavy atom. The van der Waals surface area contributed by atoms with Crippen molar-refractivity contribution in [1.29, 1.82) is 0 Å². The Hall–Kier alpha value is -6.28. The molecule has 0 N–H and O–H groups in total. The van der Waals surface area contributed by atoms with Crippen molar-refractivity contribution in [1.82, 2.24) is 0 Å². The predicted molar refractivity (Wildman–Crippen MR) is 186 cm³/mol. The number of ether oxygens (including phenoxy) is 4. The van der Waals surface area contributed by atoms with Gasteiger partial charge in [-0.25, -0.2) is 19.2 Å². The zero-order chi connectivity index (χ0) is 35.6. The second-order valence-electron chi connectivity index (χ2n) is 11.9. The third-order valence-electron chi connectivity index (χ3n) is 7.81. The zero-order valence-corrected chi connectivity index (χ0v) is 27.7. The SMILES string of the molecule is C=C(C)C(=O)Oc1cc(OC(=O)C(=C)C)cc(C2(c3cc(OC(=O)C(=C)C)cc(OC(=O)C(=C)C)c3)c3ccccc3-c3ccccc32)c1. The second-order valence-corrected chi connectivity index (χ2v) is 11.9. The summed E-state index contributed by atoms with van der Waals surface area (Å²) in [5.74, 6) is -2.41. The monoisotopic (exact) mass is 654 g/mol. The van der Waals surface area contributed by atoms with E-state index in [-0.39, 0.29) is 45.3 Å². The molecule has 0 fully saturated rings. The van der Waals surface area contributed by atoms with Gasteiger partial charge in [-0.15, -0.1) is 0 Å². The van der Waals surface area contributed by atoms with Gasteiger partial charge < -0.3 is 18.9 Å². The van der Waals surface area contributed by atoms with Crippen LogP contribution in [0.5, 0.6) is 23.0 Å². The van der Waals surface area contributed by atoms with Crippen LogP contribution in [0.2, 0.25) is 0 Å². The summed E-state index contributed by atoms with van der Waals surface area (Å²) in [5.41, 5.74) is 3.83. The highest BCUT2D eigenvalue weighted by molar-refractivity contribution is 5.92. The molecule has 0 spiro atoms. The quantitative estimate of drug-likeness (QED) is 0.0848. The van der Waals surface area contributed by atoms with E-state index >= 15 is 0 Å². The summed E-state index contributed by atoms with van der Waals surface area (Å²) in [6, 6.07) is 25.0. The average Bonchev–Trinajstić information content (AvgIpc) is 3.35. The largest absolute Gasteiger partial charge is 0.423 e. The van der Waals surface area contributed by atoms with Crippen LogP contribution in [0.25, 0.3) is 11.1 Å². The van der Waals surface area contributed by atoms with E-state index in [1.807, 2.05) is 48.5 Å². The molecule has 0 unspecified atom stereocenters. The lowest BCUT2D eigenvalue weighted by Crippen LogP contribution is -2.29. The molecule has 0 amide bonds. The minimum Gasteiger partial charge on any atom is -0.423 e. The molecule has 0 aromatic heterocycles. The number of hydrogen-bond acceptors (Lipinski definition) is 8. The molecular weight excluding hydrogens is 620 g/mol. The molecule has 4 aromatic rings. The fraction of sp³-hybridized carbons (Fsp3) is 0.122. The van der Waals surface area contributed by atoms with Gasteiger partial charge in [0.05, 0.1) is 5.41 Å². The topological polar surface area (TPSA) is 105 Å². The predicted octanol–water partition coefficient (Wildman–Crippen LogP) is 7.98. The van der Waals surface area contributed by atoms with E-state index in [0.717, 1.165) is 22.3 Å². The summed E-state index contributed by atoms with van der Waals surface area (Å²) in [5, 5.41) is 0. The number of fused-ring (bicyclic) bond motifs is 3. The molecule has 1 aliphatic rings. The van der Waals surface area contributed by atoms with Crippen molar-refractivity contribution in [2.45, 2.75) is 33.1 Å². The van der Waals surface area contributed by atoms with Crippen LogP contribution >= 0.6 is 0 Å². The van der Waals surface area contributed by atoms with Crippen LogP contribution in [-0.4, -0.2) is 23.9 Å². The van der Waals surface area contributed by atoms with Gasteiger partial charge in [0, 0.05) is 34.4 Å². The van der Waals surface area contributed by atoms with Gasteiger partial charge in [0.25, 0.3) is 0 Å². The summed E-state index contributed by atoms with van der Waals surface area (Å²) in [4.78, 5) is 51.1. The fourth-order valence-electron chi connectivity index (χ4n) is 5.61. The van der Waals surface area contributed by atoms with E-state index in [9.17, 15) is 19.2 Å². The number of benzene rings is 4. The Bertz CT molecular complexity index is 1870. The van der Waals surface area contributed by atoms with Gasteiger partial charge in [-0.2, -0.15) is 0 Å². The van der Waals surface area contributed by atoms with Crippen molar-refractivity contribution >= 4 is 23.9 Å². The van der Waals surface area contributed by atoms with Gasteiger partial charge in [0.2, 0.25) is 0 Å². The molecule has 0 bridgehead atoms. The highest BCUT2D eigenvalue weighted by Gasteiger charge is 2.47. The molecule has 49 heavy (non-hydrogen) atoms. The molecule has 0 aliphatic heterocycles. The van der Waals surface area contributed by atoms with Crippen molar-refractivity contribution in [3.63, 3.8) is 0 Å². The molecule has 0 saturated carbocycles. The number of carbonyl (C=O) groups is 4. The summed E-state index contributed by atoms with van der Waals surface area (Å²) in [6.07, 6.45) is 0. The first-order valence-corrected chi connectivity index (χ1v) is 15.2. The van der Waals surface area contributed by atoms with Gasteiger partial charge in [0.15, 0.2) is 0 Å². The van der Waals surface area contributed by atoms with Crippen molar-refractivity contribution in [2.75, 3.05) is 0 Å². The van der Waals surface area contributed by atoms with Gasteiger partial charge in [-0.1, -0.05) is 74.8 Å². The van der Waals surface area contributed by atoms with E-state index in [4.69, 9.17) is 18.9 Å². The first-order chi connectivity index (χ1) is 23.2. The first kappa shape index (κ1) is 34.1. The second kappa shape index (κ2) is 13.4. The maximum absolute atomic E-state index is 12.8. The summed E-state index contributed by atoms with van der Waals surface area (Å²) in [6.45, 7) is 20.8. The lowest BCUT2D eigenvalue weighted by atomic mass is 9.67. The van der Waals surface area contributed by atoms with E-state index < -0.39 is 29.3 Å². The molecule has 246 valence electrons. The Morgan fingerprint density at radius 1 is 0.449 bits per heavy atom. The molecule has 5 rings (SSSR count).